The SMILES string of the molecule is Cc1nccn1C[C@H](C)CNC(=O)N[C@@H]1CC(=O)N(C(C)(C)C)C1. The first-order valence-electron chi connectivity index (χ1n) is 8.49. The first-order valence-corrected chi connectivity index (χ1v) is 8.49. The van der Waals surface area contributed by atoms with Gasteiger partial charge >= 0.3 is 6.03 Å². The van der Waals surface area contributed by atoms with Crippen LogP contribution in [0.2, 0.25) is 0 Å². The highest BCUT2D eigenvalue weighted by molar-refractivity contribution is 5.82. The maximum atomic E-state index is 12.1. The fourth-order valence-electron chi connectivity index (χ4n) is 2.95. The minimum Gasteiger partial charge on any atom is -0.338 e. The molecule has 0 aliphatic carbocycles. The number of likely N-dealkylation sites (tertiary alicyclic amines) is 1. The summed E-state index contributed by atoms with van der Waals surface area (Å²) in [5.74, 6) is 1.36. The van der Waals surface area contributed by atoms with Crippen molar-refractivity contribution in [3.63, 3.8) is 0 Å². The summed E-state index contributed by atoms with van der Waals surface area (Å²) in [6.45, 7) is 12.0. The average Bonchev–Trinajstić information content (AvgIpc) is 3.03. The monoisotopic (exact) mass is 335 g/mol. The van der Waals surface area contributed by atoms with Crippen LogP contribution >= 0.6 is 0 Å². The van der Waals surface area contributed by atoms with Gasteiger partial charge in [0.05, 0.1) is 6.04 Å². The number of imidazole rings is 1. The molecule has 2 heterocycles. The van der Waals surface area contributed by atoms with Gasteiger partial charge in [-0.05, 0) is 33.6 Å². The van der Waals surface area contributed by atoms with Crippen LogP contribution in [0.15, 0.2) is 12.4 Å². The number of hydrogen-bond acceptors (Lipinski definition) is 3. The number of nitrogens with zero attached hydrogens (tertiary/aromatic N) is 3. The molecule has 134 valence electrons. The van der Waals surface area contributed by atoms with Gasteiger partial charge in [0.15, 0.2) is 0 Å². The molecule has 2 atom stereocenters. The van der Waals surface area contributed by atoms with E-state index in [0.717, 1.165) is 12.4 Å². The lowest BCUT2D eigenvalue weighted by Crippen LogP contribution is -2.47. The predicted octanol–water partition coefficient (Wildman–Crippen LogP) is 1.53. The molecule has 1 saturated heterocycles. The Morgan fingerprint density at radius 3 is 2.71 bits per heavy atom. The summed E-state index contributed by atoms with van der Waals surface area (Å²) in [6, 6.07) is -0.333. The number of aromatic nitrogens is 2. The molecular weight excluding hydrogens is 306 g/mol. The van der Waals surface area contributed by atoms with Crippen LogP contribution in [0, 0.1) is 12.8 Å². The highest BCUT2D eigenvalue weighted by Gasteiger charge is 2.36. The van der Waals surface area contributed by atoms with Crippen molar-refractivity contribution < 1.29 is 9.59 Å². The van der Waals surface area contributed by atoms with Gasteiger partial charge in [0.2, 0.25) is 5.91 Å². The molecule has 0 spiro atoms. The molecule has 3 amide bonds. The molecule has 1 aliphatic rings. The third-order valence-corrected chi connectivity index (χ3v) is 4.31. The smallest absolute Gasteiger partial charge is 0.315 e. The van der Waals surface area contributed by atoms with E-state index in [2.05, 4.69) is 27.1 Å². The molecule has 1 aliphatic heterocycles. The van der Waals surface area contributed by atoms with E-state index in [1.54, 1.807) is 6.20 Å². The van der Waals surface area contributed by atoms with Gasteiger partial charge in [-0.2, -0.15) is 0 Å². The van der Waals surface area contributed by atoms with E-state index in [9.17, 15) is 9.59 Å². The van der Waals surface area contributed by atoms with E-state index < -0.39 is 0 Å². The topological polar surface area (TPSA) is 79.3 Å². The van der Waals surface area contributed by atoms with Crippen molar-refractivity contribution in [1.82, 2.24) is 25.1 Å². The average molecular weight is 335 g/mol. The zero-order chi connectivity index (χ0) is 17.9. The largest absolute Gasteiger partial charge is 0.338 e. The molecular formula is C17H29N5O2. The maximum Gasteiger partial charge on any atom is 0.315 e. The van der Waals surface area contributed by atoms with E-state index in [1.165, 1.54) is 0 Å². The van der Waals surface area contributed by atoms with E-state index in [-0.39, 0.29) is 23.5 Å². The molecule has 0 bridgehead atoms. The van der Waals surface area contributed by atoms with Crippen molar-refractivity contribution in [3.05, 3.63) is 18.2 Å². The molecule has 7 heteroatoms. The van der Waals surface area contributed by atoms with Crippen molar-refractivity contribution in [1.29, 1.82) is 0 Å². The third kappa shape index (κ3) is 4.72. The van der Waals surface area contributed by atoms with Crippen LogP contribution in [-0.4, -0.2) is 51.1 Å². The van der Waals surface area contributed by atoms with Crippen molar-refractivity contribution in [2.24, 2.45) is 5.92 Å². The molecule has 0 aromatic carbocycles. The molecule has 0 unspecified atom stereocenters. The van der Waals surface area contributed by atoms with Crippen molar-refractivity contribution in [2.45, 2.75) is 59.2 Å². The highest BCUT2D eigenvalue weighted by Crippen LogP contribution is 2.21. The standard InChI is InChI=1S/C17H29N5O2/c1-12(10-21-7-6-18-13(21)2)9-19-16(24)20-14-8-15(23)22(11-14)17(3,4)5/h6-7,12,14H,8-11H2,1-5H3,(H2,19,20,24)/t12-,14-/m1/s1. The lowest BCUT2D eigenvalue weighted by molar-refractivity contribution is -0.131. The second-order valence-corrected chi connectivity index (χ2v) is 7.66. The Morgan fingerprint density at radius 1 is 1.46 bits per heavy atom. The summed E-state index contributed by atoms with van der Waals surface area (Å²) in [5.41, 5.74) is -0.207. The van der Waals surface area contributed by atoms with Gasteiger partial charge < -0.3 is 20.1 Å². The Morgan fingerprint density at radius 2 is 2.17 bits per heavy atom. The summed E-state index contributed by atoms with van der Waals surface area (Å²) in [5, 5.41) is 5.80. The number of carbonyl (C=O) groups excluding carboxylic acids is 2. The lowest BCUT2D eigenvalue weighted by atomic mass is 10.1. The Hall–Kier alpha value is -2.05. The maximum absolute atomic E-state index is 12.1. The predicted molar refractivity (Wildman–Crippen MR) is 92.5 cm³/mol. The molecule has 2 rings (SSSR count). The van der Waals surface area contributed by atoms with Crippen molar-refractivity contribution >= 4 is 11.9 Å². The van der Waals surface area contributed by atoms with Gasteiger partial charge in [-0.15, -0.1) is 0 Å². The second kappa shape index (κ2) is 7.23. The second-order valence-electron chi connectivity index (χ2n) is 7.66. The zero-order valence-electron chi connectivity index (χ0n) is 15.3. The van der Waals surface area contributed by atoms with Crippen LogP contribution < -0.4 is 10.6 Å². The summed E-state index contributed by atoms with van der Waals surface area (Å²) in [6.07, 6.45) is 4.09. The number of aryl methyl sites for hydroxylation is 1. The minimum absolute atomic E-state index is 0.0942. The molecule has 1 aromatic heterocycles. The third-order valence-electron chi connectivity index (χ3n) is 4.31. The minimum atomic E-state index is -0.210. The van der Waals surface area contributed by atoms with Gasteiger partial charge in [-0.25, -0.2) is 9.78 Å². The van der Waals surface area contributed by atoms with Crippen LogP contribution in [0.25, 0.3) is 0 Å². The van der Waals surface area contributed by atoms with Gasteiger partial charge in [-0.1, -0.05) is 6.92 Å². The Labute approximate surface area is 143 Å². The summed E-state index contributed by atoms with van der Waals surface area (Å²) < 4.78 is 2.07. The molecule has 0 saturated carbocycles. The van der Waals surface area contributed by atoms with Gasteiger partial charge in [0.1, 0.15) is 5.82 Å². The quantitative estimate of drug-likeness (QED) is 0.856. The summed E-state index contributed by atoms with van der Waals surface area (Å²) in [4.78, 5) is 30.1. The fourth-order valence-corrected chi connectivity index (χ4v) is 2.95. The molecule has 7 nitrogen and oxygen atoms in total. The molecule has 1 aromatic rings. The highest BCUT2D eigenvalue weighted by atomic mass is 16.2. The van der Waals surface area contributed by atoms with E-state index in [0.29, 0.717) is 25.4 Å². The Bertz CT molecular complexity index is 590. The van der Waals surface area contributed by atoms with Crippen LogP contribution in [0.5, 0.6) is 0 Å². The Kier molecular flexibility index (Phi) is 5.51. The van der Waals surface area contributed by atoms with Crippen LogP contribution in [0.4, 0.5) is 4.79 Å². The van der Waals surface area contributed by atoms with Crippen molar-refractivity contribution in [3.8, 4) is 0 Å². The number of amides is 3. The van der Waals surface area contributed by atoms with Gasteiger partial charge in [-0.3, -0.25) is 4.79 Å². The Balaban J connectivity index is 1.74. The first kappa shape index (κ1) is 18.3. The summed E-state index contributed by atoms with van der Waals surface area (Å²) >= 11 is 0. The number of hydrogen-bond donors (Lipinski definition) is 2. The summed E-state index contributed by atoms with van der Waals surface area (Å²) in [7, 11) is 0. The molecule has 1 fully saturated rings. The van der Waals surface area contributed by atoms with Gasteiger partial charge in [0.25, 0.3) is 0 Å². The van der Waals surface area contributed by atoms with Crippen molar-refractivity contribution in [2.75, 3.05) is 13.1 Å². The van der Waals surface area contributed by atoms with Crippen LogP contribution in [-0.2, 0) is 11.3 Å². The lowest BCUT2D eigenvalue weighted by Gasteiger charge is -2.32. The number of rotatable bonds is 5. The van der Waals surface area contributed by atoms with Crippen LogP contribution in [0.3, 0.4) is 0 Å². The van der Waals surface area contributed by atoms with E-state index in [4.69, 9.17) is 0 Å². The molecule has 2 N–H and O–H groups in total. The van der Waals surface area contributed by atoms with E-state index in [1.807, 2.05) is 38.8 Å². The molecule has 0 radical (unpaired) electrons. The van der Waals surface area contributed by atoms with Gasteiger partial charge in [0, 0.05) is 44.0 Å². The van der Waals surface area contributed by atoms with E-state index >= 15 is 0 Å². The number of nitrogens with one attached hydrogen (secondary N) is 2. The number of urea groups is 1. The zero-order valence-corrected chi connectivity index (χ0v) is 15.3. The molecule has 24 heavy (non-hydrogen) atoms. The number of carbonyl (C=O) groups is 2. The van der Waals surface area contributed by atoms with Crippen LogP contribution in [0.1, 0.15) is 39.9 Å². The first-order chi connectivity index (χ1) is 11.2. The fraction of sp³-hybridized carbons (Fsp3) is 0.706. The normalized spacial score (nSPS) is 19.5.